The number of benzene rings is 1. The average molecular weight is 400 g/mol. The molecule has 1 N–H and O–H groups in total. The van der Waals surface area contributed by atoms with Gasteiger partial charge in [-0.3, -0.25) is 9.79 Å². The van der Waals surface area contributed by atoms with E-state index in [9.17, 15) is 4.79 Å². The Kier molecular flexibility index (Phi) is 7.03. The molecule has 150 valence electrons. The molecule has 1 aliphatic heterocycles. The summed E-state index contributed by atoms with van der Waals surface area (Å²) in [5, 5.41) is 6.53. The molecule has 0 saturated carbocycles. The SMILES string of the molecule is CN=C(NCc1cccc(C(=O)N2CCCCC2)c1)N(C)Cc1csc(C)n1. The molecule has 2 heterocycles. The van der Waals surface area contributed by atoms with Gasteiger partial charge in [-0.25, -0.2) is 4.98 Å². The first-order valence-corrected chi connectivity index (χ1v) is 10.7. The quantitative estimate of drug-likeness (QED) is 0.619. The Morgan fingerprint density at radius 2 is 2.11 bits per heavy atom. The molecule has 1 aromatic carbocycles. The van der Waals surface area contributed by atoms with Gasteiger partial charge in [-0.1, -0.05) is 12.1 Å². The number of nitrogens with zero attached hydrogens (tertiary/aromatic N) is 4. The van der Waals surface area contributed by atoms with E-state index in [0.717, 1.165) is 53.7 Å². The molecule has 0 bridgehead atoms. The molecule has 0 unspecified atom stereocenters. The maximum atomic E-state index is 12.7. The normalized spacial score (nSPS) is 14.8. The van der Waals surface area contributed by atoms with Crippen LogP contribution in [0.15, 0.2) is 34.6 Å². The highest BCUT2D eigenvalue weighted by molar-refractivity contribution is 7.09. The summed E-state index contributed by atoms with van der Waals surface area (Å²) in [5.41, 5.74) is 2.88. The number of nitrogens with one attached hydrogen (secondary N) is 1. The largest absolute Gasteiger partial charge is 0.352 e. The second kappa shape index (κ2) is 9.68. The van der Waals surface area contributed by atoms with Crippen molar-refractivity contribution in [1.82, 2.24) is 20.1 Å². The molecular weight excluding hydrogens is 370 g/mol. The average Bonchev–Trinajstić information content (AvgIpc) is 3.13. The third-order valence-electron chi connectivity index (χ3n) is 4.91. The van der Waals surface area contributed by atoms with Gasteiger partial charge in [-0.15, -0.1) is 11.3 Å². The number of aryl methyl sites for hydroxylation is 1. The van der Waals surface area contributed by atoms with Crippen LogP contribution in [0.3, 0.4) is 0 Å². The van der Waals surface area contributed by atoms with Crippen LogP contribution in [0.5, 0.6) is 0 Å². The number of carbonyl (C=O) groups is 1. The summed E-state index contributed by atoms with van der Waals surface area (Å²) in [6.45, 7) is 5.08. The number of rotatable bonds is 5. The molecule has 7 heteroatoms. The Balaban J connectivity index is 1.59. The predicted molar refractivity (Wildman–Crippen MR) is 115 cm³/mol. The smallest absolute Gasteiger partial charge is 0.253 e. The maximum absolute atomic E-state index is 12.7. The van der Waals surface area contributed by atoms with Crippen LogP contribution in [-0.4, -0.2) is 53.8 Å². The Labute approximate surface area is 171 Å². The summed E-state index contributed by atoms with van der Waals surface area (Å²) in [4.78, 5) is 25.6. The topological polar surface area (TPSA) is 60.8 Å². The fraction of sp³-hybridized carbons (Fsp3) is 0.476. The number of piperidine rings is 1. The Morgan fingerprint density at radius 1 is 1.32 bits per heavy atom. The number of hydrogen-bond donors (Lipinski definition) is 1. The van der Waals surface area contributed by atoms with Crippen molar-refractivity contribution in [2.75, 3.05) is 27.2 Å². The third-order valence-corrected chi connectivity index (χ3v) is 5.73. The van der Waals surface area contributed by atoms with Gasteiger partial charge in [0.15, 0.2) is 5.96 Å². The van der Waals surface area contributed by atoms with Crippen molar-refractivity contribution in [3.63, 3.8) is 0 Å². The zero-order valence-corrected chi connectivity index (χ0v) is 17.8. The van der Waals surface area contributed by atoms with Crippen LogP contribution in [0.2, 0.25) is 0 Å². The van der Waals surface area contributed by atoms with E-state index in [4.69, 9.17) is 0 Å². The fourth-order valence-corrected chi connectivity index (χ4v) is 4.06. The van der Waals surface area contributed by atoms with E-state index in [1.807, 2.05) is 43.1 Å². The molecule has 1 saturated heterocycles. The lowest BCUT2D eigenvalue weighted by molar-refractivity contribution is 0.0724. The molecule has 1 aliphatic rings. The number of hydrogen-bond acceptors (Lipinski definition) is 4. The van der Waals surface area contributed by atoms with E-state index < -0.39 is 0 Å². The lowest BCUT2D eigenvalue weighted by atomic mass is 10.1. The number of likely N-dealkylation sites (tertiary alicyclic amines) is 1. The summed E-state index contributed by atoms with van der Waals surface area (Å²) in [5.74, 6) is 0.945. The molecule has 0 atom stereocenters. The van der Waals surface area contributed by atoms with Crippen molar-refractivity contribution in [1.29, 1.82) is 0 Å². The molecule has 28 heavy (non-hydrogen) atoms. The number of amides is 1. The van der Waals surface area contributed by atoms with Crippen LogP contribution >= 0.6 is 11.3 Å². The molecule has 1 fully saturated rings. The number of thiazole rings is 1. The molecule has 3 rings (SSSR count). The van der Waals surface area contributed by atoms with Crippen LogP contribution in [0.1, 0.15) is 45.9 Å². The van der Waals surface area contributed by atoms with Crippen molar-refractivity contribution in [2.24, 2.45) is 4.99 Å². The highest BCUT2D eigenvalue weighted by Crippen LogP contribution is 2.15. The van der Waals surface area contributed by atoms with Gasteiger partial charge in [0.2, 0.25) is 0 Å². The van der Waals surface area contributed by atoms with Gasteiger partial charge in [-0.2, -0.15) is 0 Å². The van der Waals surface area contributed by atoms with Gasteiger partial charge in [0.1, 0.15) is 0 Å². The van der Waals surface area contributed by atoms with Crippen LogP contribution in [0.4, 0.5) is 0 Å². The highest BCUT2D eigenvalue weighted by atomic mass is 32.1. The fourth-order valence-electron chi connectivity index (χ4n) is 3.46. The second-order valence-electron chi connectivity index (χ2n) is 7.17. The standard InChI is InChI=1S/C21H29N5OS/c1-16-24-19(15-28-16)14-25(3)21(22-2)23-13-17-8-7-9-18(12-17)20(27)26-10-5-4-6-11-26/h7-9,12,15H,4-6,10-11,13-14H2,1-3H3,(H,22,23). The molecule has 1 amide bonds. The minimum atomic E-state index is 0.141. The van der Waals surface area contributed by atoms with Gasteiger partial charge in [0.25, 0.3) is 5.91 Å². The lowest BCUT2D eigenvalue weighted by Gasteiger charge is -2.27. The van der Waals surface area contributed by atoms with E-state index in [0.29, 0.717) is 13.1 Å². The Bertz CT molecular complexity index is 826. The highest BCUT2D eigenvalue weighted by Gasteiger charge is 2.18. The Morgan fingerprint density at radius 3 is 2.79 bits per heavy atom. The van der Waals surface area contributed by atoms with Gasteiger partial charge in [0.05, 0.1) is 17.2 Å². The third kappa shape index (κ3) is 5.32. The van der Waals surface area contributed by atoms with Crippen molar-refractivity contribution in [3.8, 4) is 0 Å². The first-order valence-electron chi connectivity index (χ1n) is 9.78. The summed E-state index contributed by atoms with van der Waals surface area (Å²) < 4.78 is 0. The van der Waals surface area contributed by atoms with Gasteiger partial charge in [0, 0.05) is 44.7 Å². The molecule has 0 spiro atoms. The van der Waals surface area contributed by atoms with E-state index in [1.54, 1.807) is 18.4 Å². The van der Waals surface area contributed by atoms with Gasteiger partial charge >= 0.3 is 0 Å². The summed E-state index contributed by atoms with van der Waals surface area (Å²) >= 11 is 1.66. The summed E-state index contributed by atoms with van der Waals surface area (Å²) in [6, 6.07) is 7.89. The zero-order valence-electron chi connectivity index (χ0n) is 16.9. The second-order valence-corrected chi connectivity index (χ2v) is 8.23. The molecule has 1 aromatic heterocycles. The number of carbonyl (C=O) groups excluding carboxylic acids is 1. The van der Waals surface area contributed by atoms with Crippen molar-refractivity contribution in [3.05, 3.63) is 51.5 Å². The molecule has 2 aromatic rings. The van der Waals surface area contributed by atoms with Crippen molar-refractivity contribution >= 4 is 23.2 Å². The number of guanidine groups is 1. The van der Waals surface area contributed by atoms with Crippen LogP contribution in [0, 0.1) is 6.92 Å². The summed E-state index contributed by atoms with van der Waals surface area (Å²) in [6.07, 6.45) is 3.43. The van der Waals surface area contributed by atoms with Crippen LogP contribution < -0.4 is 5.32 Å². The Hall–Kier alpha value is -2.41. The van der Waals surface area contributed by atoms with Gasteiger partial charge < -0.3 is 15.1 Å². The number of aliphatic imine (C=N–C) groups is 1. The van der Waals surface area contributed by atoms with Crippen LogP contribution in [0.25, 0.3) is 0 Å². The zero-order chi connectivity index (χ0) is 19.9. The predicted octanol–water partition coefficient (Wildman–Crippen LogP) is 3.29. The monoisotopic (exact) mass is 399 g/mol. The minimum absolute atomic E-state index is 0.141. The lowest BCUT2D eigenvalue weighted by Crippen LogP contribution is -2.38. The minimum Gasteiger partial charge on any atom is -0.352 e. The van der Waals surface area contributed by atoms with E-state index in [1.165, 1.54) is 6.42 Å². The molecule has 0 radical (unpaired) electrons. The number of aromatic nitrogens is 1. The van der Waals surface area contributed by atoms with E-state index >= 15 is 0 Å². The van der Waals surface area contributed by atoms with Crippen molar-refractivity contribution < 1.29 is 4.79 Å². The molecule has 6 nitrogen and oxygen atoms in total. The first kappa shape index (κ1) is 20.3. The molecular formula is C21H29N5OS. The molecule has 0 aliphatic carbocycles. The van der Waals surface area contributed by atoms with Crippen LogP contribution in [-0.2, 0) is 13.1 Å². The maximum Gasteiger partial charge on any atom is 0.253 e. The van der Waals surface area contributed by atoms with Gasteiger partial charge in [-0.05, 0) is 43.9 Å². The van der Waals surface area contributed by atoms with E-state index in [2.05, 4.69) is 25.6 Å². The van der Waals surface area contributed by atoms with E-state index in [-0.39, 0.29) is 5.91 Å². The first-order chi connectivity index (χ1) is 13.6. The summed E-state index contributed by atoms with van der Waals surface area (Å²) in [7, 11) is 3.78. The van der Waals surface area contributed by atoms with Crippen molar-refractivity contribution in [2.45, 2.75) is 39.3 Å².